The molecule has 1 aromatic heterocycles. The number of carbonyl (C=O) groups is 3. The van der Waals surface area contributed by atoms with Gasteiger partial charge >= 0.3 is 0 Å². The normalized spacial score (nSPS) is 28.3. The molecule has 1 saturated carbocycles. The van der Waals surface area contributed by atoms with E-state index in [1.165, 1.54) is 6.07 Å². The van der Waals surface area contributed by atoms with E-state index in [4.69, 9.17) is 10.2 Å². The van der Waals surface area contributed by atoms with Crippen molar-refractivity contribution in [1.82, 2.24) is 0 Å². The van der Waals surface area contributed by atoms with Crippen LogP contribution >= 0.6 is 0 Å². The van der Waals surface area contributed by atoms with Crippen molar-refractivity contribution in [3.05, 3.63) is 75.3 Å². The van der Waals surface area contributed by atoms with Gasteiger partial charge < -0.3 is 30.6 Å². The van der Waals surface area contributed by atoms with Crippen LogP contribution < -0.4 is 5.73 Å². The third-order valence-corrected chi connectivity index (χ3v) is 8.27. The number of hydrogen-bond donors (Lipinski definition) is 5. The van der Waals surface area contributed by atoms with Crippen molar-refractivity contribution >= 4 is 34.2 Å². The number of aliphatic hydroxyl groups excluding tert-OH is 2. The maximum Gasteiger partial charge on any atom is 0.254 e. The number of phenolic OH excluding ortho intramolecular Hbond substituents is 1. The average Bonchev–Trinajstić information content (AvgIpc) is 3.34. The number of furan rings is 1. The Labute approximate surface area is 219 Å². The quantitative estimate of drug-likeness (QED) is 0.192. The lowest BCUT2D eigenvalue weighted by molar-refractivity contribution is -0.168. The Bertz CT molecular complexity index is 1680. The summed E-state index contributed by atoms with van der Waals surface area (Å²) in [6.45, 7) is 1.66. The molecule has 2 aromatic carbocycles. The zero-order valence-electron chi connectivity index (χ0n) is 20.4. The predicted octanol–water partition coefficient (Wildman–Crippen LogP) is 2.58. The Kier molecular flexibility index (Phi) is 5.19. The standard InChI is InChI=1S/C28H22N2O9/c1-10-18-12(17-8-11-4-2-3-5-16(11)39-17)6-7-15(31)21(18)24(33)22-19(10)23(32)13-9-14(30-38)20(27(29)36)25(34)28(13,37)26(22)35/h2-8,10,13,19,23,31-33,37H,9H2,1H3,(H2,29,36)/t10-,13+,19+,23+,28+/m0/s1. The number of fused-ring (bicyclic) bond motifs is 4. The van der Waals surface area contributed by atoms with E-state index in [1.54, 1.807) is 25.1 Å². The third kappa shape index (κ3) is 3.08. The number of allylic oxidation sites excluding steroid dienone is 1. The van der Waals surface area contributed by atoms with Gasteiger partial charge in [-0.2, -0.15) is 0 Å². The summed E-state index contributed by atoms with van der Waals surface area (Å²) in [6.07, 6.45) is -2.22. The Morgan fingerprint density at radius 2 is 1.85 bits per heavy atom. The molecule has 0 spiro atoms. The number of primary amides is 1. The number of phenols is 1. The molecule has 3 aliphatic rings. The number of para-hydroxylation sites is 1. The number of carbonyl (C=O) groups excluding carboxylic acids is 3. The van der Waals surface area contributed by atoms with Crippen molar-refractivity contribution in [1.29, 1.82) is 0 Å². The first-order valence-electron chi connectivity index (χ1n) is 12.2. The van der Waals surface area contributed by atoms with Gasteiger partial charge in [-0.1, -0.05) is 25.1 Å². The summed E-state index contributed by atoms with van der Waals surface area (Å²) < 4.78 is 6.02. The fraction of sp³-hybridized carbons (Fsp3) is 0.250. The number of hydrogen-bond acceptors (Lipinski definition) is 10. The summed E-state index contributed by atoms with van der Waals surface area (Å²) in [5, 5.41) is 48.6. The molecule has 0 saturated heterocycles. The minimum Gasteiger partial charge on any atom is -0.507 e. The predicted molar refractivity (Wildman–Crippen MR) is 136 cm³/mol. The molecule has 6 rings (SSSR count). The second kappa shape index (κ2) is 8.19. The molecule has 1 amide bonds. The van der Waals surface area contributed by atoms with Crippen LogP contribution in [0.2, 0.25) is 0 Å². The van der Waals surface area contributed by atoms with Gasteiger partial charge in [0.1, 0.15) is 34.1 Å². The Balaban J connectivity index is 1.59. The molecule has 11 nitrogen and oxygen atoms in total. The lowest BCUT2D eigenvalue weighted by Crippen LogP contribution is -2.66. The minimum absolute atomic E-state index is 0.113. The van der Waals surface area contributed by atoms with Crippen LogP contribution in [0.5, 0.6) is 5.75 Å². The minimum atomic E-state index is -2.99. The molecule has 39 heavy (non-hydrogen) atoms. The molecular formula is C28H22N2O9. The van der Waals surface area contributed by atoms with Gasteiger partial charge in [-0.15, -0.1) is 4.91 Å². The molecule has 11 heteroatoms. The van der Waals surface area contributed by atoms with Crippen LogP contribution in [0.4, 0.5) is 0 Å². The molecule has 0 unspecified atom stereocenters. The van der Waals surface area contributed by atoms with E-state index in [-0.39, 0.29) is 11.3 Å². The zero-order valence-corrected chi connectivity index (χ0v) is 20.4. The van der Waals surface area contributed by atoms with Gasteiger partial charge in [0.05, 0.1) is 11.7 Å². The summed E-state index contributed by atoms with van der Waals surface area (Å²) in [5.41, 5.74) is 1.64. The van der Waals surface area contributed by atoms with E-state index in [2.05, 4.69) is 5.18 Å². The highest BCUT2D eigenvalue weighted by Crippen LogP contribution is 2.57. The Hall–Kier alpha value is -4.61. The molecular weight excluding hydrogens is 508 g/mol. The van der Waals surface area contributed by atoms with Crippen molar-refractivity contribution in [2.24, 2.45) is 22.7 Å². The topological polar surface area (TPSA) is 201 Å². The van der Waals surface area contributed by atoms with E-state index in [9.17, 15) is 39.7 Å². The third-order valence-electron chi connectivity index (χ3n) is 8.27. The number of amides is 1. The summed E-state index contributed by atoms with van der Waals surface area (Å²) in [7, 11) is 0. The summed E-state index contributed by atoms with van der Waals surface area (Å²) in [4.78, 5) is 50.4. The molecule has 3 aliphatic carbocycles. The second-order valence-corrected chi connectivity index (χ2v) is 10.1. The lowest BCUT2D eigenvalue weighted by atomic mass is 9.55. The number of Topliss-reactive ketones (excluding diaryl/α,β-unsaturated/α-hetero) is 2. The number of ketones is 2. The van der Waals surface area contributed by atoms with E-state index >= 15 is 0 Å². The molecule has 6 N–H and O–H groups in total. The molecule has 198 valence electrons. The number of aliphatic hydroxyl groups is 3. The molecule has 3 aromatic rings. The van der Waals surface area contributed by atoms with Crippen LogP contribution in [0.1, 0.15) is 30.4 Å². The fourth-order valence-corrected chi connectivity index (χ4v) is 6.49. The number of nitroso groups, excluding NO2 is 1. The van der Waals surface area contributed by atoms with E-state index in [0.29, 0.717) is 22.5 Å². The Morgan fingerprint density at radius 3 is 2.51 bits per heavy atom. The molecule has 0 bridgehead atoms. The van der Waals surface area contributed by atoms with Crippen LogP contribution in [0.3, 0.4) is 0 Å². The largest absolute Gasteiger partial charge is 0.507 e. The van der Waals surface area contributed by atoms with Crippen molar-refractivity contribution < 1.29 is 39.2 Å². The van der Waals surface area contributed by atoms with Gasteiger partial charge in [-0.3, -0.25) is 14.4 Å². The first-order chi connectivity index (χ1) is 18.5. The van der Waals surface area contributed by atoms with E-state index in [1.807, 2.05) is 18.2 Å². The number of rotatable bonds is 3. The number of benzene rings is 2. The molecule has 0 aliphatic heterocycles. The smallest absolute Gasteiger partial charge is 0.254 e. The lowest BCUT2D eigenvalue weighted by Gasteiger charge is -2.50. The molecule has 1 heterocycles. The monoisotopic (exact) mass is 530 g/mol. The zero-order chi connectivity index (χ0) is 28.0. The first-order valence-corrected chi connectivity index (χ1v) is 12.2. The van der Waals surface area contributed by atoms with Crippen molar-refractivity contribution in [3.8, 4) is 17.1 Å². The molecule has 1 fully saturated rings. The molecule has 5 atom stereocenters. The number of nitrogens with zero attached hydrogens (tertiary/aromatic N) is 1. The van der Waals surface area contributed by atoms with Gasteiger partial charge in [-0.25, -0.2) is 0 Å². The van der Waals surface area contributed by atoms with Gasteiger partial charge in [0.25, 0.3) is 5.91 Å². The maximum atomic E-state index is 13.8. The first kappa shape index (κ1) is 24.7. The molecule has 0 radical (unpaired) electrons. The SMILES string of the molecule is C[C@H]1c2c(-c3cc4ccccc4o3)ccc(O)c2C(O)=C2C(=O)[C@]3(O)C(=O)C(C(N)=O)=C(N=O)C[C@@H]3[C@@H](O)[C@@H]21. The highest BCUT2D eigenvalue weighted by molar-refractivity contribution is 6.33. The van der Waals surface area contributed by atoms with Crippen LogP contribution in [-0.2, 0) is 14.4 Å². The van der Waals surface area contributed by atoms with Crippen LogP contribution in [0, 0.1) is 16.7 Å². The van der Waals surface area contributed by atoms with Gasteiger partial charge in [0.2, 0.25) is 11.6 Å². The highest BCUT2D eigenvalue weighted by Gasteiger charge is 2.66. The van der Waals surface area contributed by atoms with Crippen LogP contribution in [0.25, 0.3) is 28.1 Å². The Morgan fingerprint density at radius 1 is 1.13 bits per heavy atom. The summed E-state index contributed by atoms with van der Waals surface area (Å²) in [5.74, 6) is -8.23. The fourth-order valence-electron chi connectivity index (χ4n) is 6.49. The number of nitrogens with two attached hydrogens (primary N) is 1. The van der Waals surface area contributed by atoms with Crippen molar-refractivity contribution in [3.63, 3.8) is 0 Å². The highest BCUT2D eigenvalue weighted by atomic mass is 16.3. The average molecular weight is 530 g/mol. The van der Waals surface area contributed by atoms with Gasteiger partial charge in [0.15, 0.2) is 5.60 Å². The number of aromatic hydroxyl groups is 1. The van der Waals surface area contributed by atoms with Gasteiger partial charge in [-0.05, 0) is 40.9 Å². The summed E-state index contributed by atoms with van der Waals surface area (Å²) in [6, 6.07) is 12.0. The summed E-state index contributed by atoms with van der Waals surface area (Å²) >= 11 is 0. The van der Waals surface area contributed by atoms with Crippen LogP contribution in [-0.4, -0.2) is 49.6 Å². The van der Waals surface area contributed by atoms with Gasteiger partial charge in [0, 0.05) is 34.8 Å². The van der Waals surface area contributed by atoms with Crippen molar-refractivity contribution in [2.45, 2.75) is 31.0 Å². The van der Waals surface area contributed by atoms with Crippen LogP contribution in [0.15, 0.2) is 68.9 Å². The van der Waals surface area contributed by atoms with E-state index < -0.39 is 76.0 Å². The van der Waals surface area contributed by atoms with Crippen molar-refractivity contribution in [2.75, 3.05) is 0 Å². The second-order valence-electron chi connectivity index (χ2n) is 10.1. The maximum absolute atomic E-state index is 13.8. The van der Waals surface area contributed by atoms with E-state index in [0.717, 1.165) is 5.39 Å².